The lowest BCUT2D eigenvalue weighted by Gasteiger charge is -2.07. The van der Waals surface area contributed by atoms with Crippen LogP contribution < -0.4 is 5.32 Å². The lowest BCUT2D eigenvalue weighted by Crippen LogP contribution is -2.21. The van der Waals surface area contributed by atoms with Crippen LogP contribution >= 0.6 is 0 Å². The molecule has 0 saturated heterocycles. The number of para-hydroxylation sites is 1. The molecule has 0 atom stereocenters. The van der Waals surface area contributed by atoms with Gasteiger partial charge in [-0.25, -0.2) is 4.68 Å². The SMILES string of the molecule is Cc1nn(-c2ccccc2)c(C)c1CC(=O)OCC(=O)Nc1ccc(C#N)cc1. The monoisotopic (exact) mass is 388 g/mol. The lowest BCUT2D eigenvalue weighted by atomic mass is 10.1. The Morgan fingerprint density at radius 2 is 1.79 bits per heavy atom. The molecule has 0 spiro atoms. The van der Waals surface area contributed by atoms with Crippen molar-refractivity contribution in [3.8, 4) is 11.8 Å². The highest BCUT2D eigenvalue weighted by Crippen LogP contribution is 2.18. The number of nitrogens with zero attached hydrogens (tertiary/aromatic N) is 3. The second-order valence-corrected chi connectivity index (χ2v) is 6.47. The maximum Gasteiger partial charge on any atom is 0.310 e. The molecule has 7 heteroatoms. The first kappa shape index (κ1) is 19.8. The van der Waals surface area contributed by atoms with E-state index in [4.69, 9.17) is 10.00 Å². The number of benzene rings is 2. The van der Waals surface area contributed by atoms with E-state index in [9.17, 15) is 9.59 Å². The van der Waals surface area contributed by atoms with E-state index in [0.29, 0.717) is 11.3 Å². The highest BCUT2D eigenvalue weighted by Gasteiger charge is 2.17. The number of nitrogens with one attached hydrogen (secondary N) is 1. The number of hydrogen-bond donors (Lipinski definition) is 1. The van der Waals surface area contributed by atoms with Gasteiger partial charge in [-0.3, -0.25) is 9.59 Å². The number of carbonyl (C=O) groups is 2. The van der Waals surface area contributed by atoms with Crippen LogP contribution in [0.5, 0.6) is 0 Å². The van der Waals surface area contributed by atoms with Crippen LogP contribution in [-0.4, -0.2) is 28.3 Å². The molecule has 29 heavy (non-hydrogen) atoms. The molecular formula is C22H20N4O3. The minimum atomic E-state index is -0.501. The van der Waals surface area contributed by atoms with Crippen LogP contribution in [0.25, 0.3) is 5.69 Å². The van der Waals surface area contributed by atoms with Gasteiger partial charge in [0.2, 0.25) is 0 Å². The van der Waals surface area contributed by atoms with E-state index in [0.717, 1.165) is 22.6 Å². The van der Waals surface area contributed by atoms with Crippen LogP contribution in [-0.2, 0) is 20.7 Å². The van der Waals surface area contributed by atoms with Gasteiger partial charge in [0.1, 0.15) is 0 Å². The largest absolute Gasteiger partial charge is 0.455 e. The molecule has 1 N–H and O–H groups in total. The number of carbonyl (C=O) groups excluding carboxylic acids is 2. The first-order valence-electron chi connectivity index (χ1n) is 9.04. The third-order valence-electron chi connectivity index (χ3n) is 4.43. The third-order valence-corrected chi connectivity index (χ3v) is 4.43. The molecule has 0 aliphatic rings. The number of esters is 1. The molecule has 1 aromatic heterocycles. The van der Waals surface area contributed by atoms with Gasteiger partial charge in [0.05, 0.1) is 29.4 Å². The van der Waals surface area contributed by atoms with Crippen LogP contribution in [0, 0.1) is 25.2 Å². The summed E-state index contributed by atoms with van der Waals surface area (Å²) in [4.78, 5) is 24.2. The number of rotatable bonds is 6. The Kier molecular flexibility index (Phi) is 6.05. The topological polar surface area (TPSA) is 97.0 Å². The van der Waals surface area contributed by atoms with E-state index in [-0.39, 0.29) is 13.0 Å². The molecule has 1 heterocycles. The van der Waals surface area contributed by atoms with Crippen molar-refractivity contribution < 1.29 is 14.3 Å². The molecule has 7 nitrogen and oxygen atoms in total. The minimum Gasteiger partial charge on any atom is -0.455 e. The molecule has 0 aliphatic heterocycles. The summed E-state index contributed by atoms with van der Waals surface area (Å²) in [5.41, 5.74) is 4.32. The second kappa shape index (κ2) is 8.85. The molecule has 0 bridgehead atoms. The van der Waals surface area contributed by atoms with Gasteiger partial charge in [-0.05, 0) is 50.2 Å². The number of amides is 1. The van der Waals surface area contributed by atoms with Gasteiger partial charge in [0.15, 0.2) is 6.61 Å². The van der Waals surface area contributed by atoms with Crippen molar-refractivity contribution in [2.24, 2.45) is 0 Å². The van der Waals surface area contributed by atoms with Crippen molar-refractivity contribution in [1.82, 2.24) is 9.78 Å². The van der Waals surface area contributed by atoms with Crippen LogP contribution in [0.3, 0.4) is 0 Å². The van der Waals surface area contributed by atoms with Crippen molar-refractivity contribution in [2.45, 2.75) is 20.3 Å². The Bertz CT molecular complexity index is 1060. The molecule has 2 aromatic carbocycles. The van der Waals surface area contributed by atoms with Gasteiger partial charge in [-0.2, -0.15) is 10.4 Å². The minimum absolute atomic E-state index is 0.0364. The Morgan fingerprint density at radius 1 is 1.10 bits per heavy atom. The average molecular weight is 388 g/mol. The first-order valence-corrected chi connectivity index (χ1v) is 9.04. The van der Waals surface area contributed by atoms with Gasteiger partial charge in [-0.15, -0.1) is 0 Å². The van der Waals surface area contributed by atoms with Crippen molar-refractivity contribution in [2.75, 3.05) is 11.9 Å². The van der Waals surface area contributed by atoms with Gasteiger partial charge >= 0.3 is 5.97 Å². The summed E-state index contributed by atoms with van der Waals surface area (Å²) in [5, 5.41) is 15.9. The summed E-state index contributed by atoms with van der Waals surface area (Å²) in [7, 11) is 0. The van der Waals surface area contributed by atoms with Crippen molar-refractivity contribution in [1.29, 1.82) is 5.26 Å². The van der Waals surface area contributed by atoms with E-state index in [1.165, 1.54) is 0 Å². The standard InChI is InChI=1S/C22H20N4O3/c1-15-20(16(2)26(25-15)19-6-4-3-5-7-19)12-22(28)29-14-21(27)24-18-10-8-17(13-23)9-11-18/h3-11H,12,14H2,1-2H3,(H,24,27). The fourth-order valence-corrected chi connectivity index (χ4v) is 2.92. The molecule has 0 saturated carbocycles. The zero-order valence-corrected chi connectivity index (χ0v) is 16.2. The van der Waals surface area contributed by atoms with E-state index in [2.05, 4.69) is 10.4 Å². The summed E-state index contributed by atoms with van der Waals surface area (Å²) >= 11 is 0. The molecule has 146 valence electrons. The maximum atomic E-state index is 12.2. The highest BCUT2D eigenvalue weighted by molar-refractivity contribution is 5.92. The smallest absolute Gasteiger partial charge is 0.310 e. The highest BCUT2D eigenvalue weighted by atomic mass is 16.5. The molecule has 0 radical (unpaired) electrons. The number of ether oxygens (including phenoxy) is 1. The van der Waals surface area contributed by atoms with E-state index in [1.807, 2.05) is 50.2 Å². The van der Waals surface area contributed by atoms with E-state index >= 15 is 0 Å². The first-order chi connectivity index (χ1) is 14.0. The third kappa shape index (κ3) is 4.87. The molecule has 1 amide bonds. The zero-order valence-electron chi connectivity index (χ0n) is 16.2. The average Bonchev–Trinajstić information content (AvgIpc) is 3.02. The van der Waals surface area contributed by atoms with Crippen LogP contribution in [0.1, 0.15) is 22.5 Å². The summed E-state index contributed by atoms with van der Waals surface area (Å²) in [6.07, 6.45) is 0.0364. The Balaban J connectivity index is 1.57. The molecule has 0 unspecified atom stereocenters. The molecule has 0 fully saturated rings. The Labute approximate surface area is 168 Å². The molecule has 3 aromatic rings. The van der Waals surface area contributed by atoms with Gasteiger partial charge < -0.3 is 10.1 Å². The zero-order chi connectivity index (χ0) is 20.8. The Morgan fingerprint density at radius 3 is 2.45 bits per heavy atom. The van der Waals surface area contributed by atoms with Crippen molar-refractivity contribution in [3.63, 3.8) is 0 Å². The summed E-state index contributed by atoms with van der Waals surface area (Å²) < 4.78 is 6.90. The van der Waals surface area contributed by atoms with Crippen LogP contribution in [0.4, 0.5) is 5.69 Å². The van der Waals surface area contributed by atoms with Gasteiger partial charge in [-0.1, -0.05) is 18.2 Å². The predicted molar refractivity (Wildman–Crippen MR) is 107 cm³/mol. The normalized spacial score (nSPS) is 10.2. The fourth-order valence-electron chi connectivity index (χ4n) is 2.92. The summed E-state index contributed by atoms with van der Waals surface area (Å²) in [6.45, 7) is 3.35. The van der Waals surface area contributed by atoms with Crippen LogP contribution in [0.2, 0.25) is 0 Å². The maximum absolute atomic E-state index is 12.2. The van der Waals surface area contributed by atoms with Gasteiger partial charge in [0, 0.05) is 16.9 Å². The quantitative estimate of drug-likeness (QED) is 0.655. The van der Waals surface area contributed by atoms with E-state index in [1.54, 1.807) is 28.9 Å². The van der Waals surface area contributed by atoms with Gasteiger partial charge in [0.25, 0.3) is 5.91 Å². The van der Waals surface area contributed by atoms with Crippen molar-refractivity contribution in [3.05, 3.63) is 77.1 Å². The number of aromatic nitrogens is 2. The number of anilines is 1. The van der Waals surface area contributed by atoms with Crippen molar-refractivity contribution >= 4 is 17.6 Å². The van der Waals surface area contributed by atoms with E-state index < -0.39 is 11.9 Å². The summed E-state index contributed by atoms with van der Waals surface area (Å²) in [6, 6.07) is 18.1. The number of aryl methyl sites for hydroxylation is 1. The molecular weight excluding hydrogens is 368 g/mol. The van der Waals surface area contributed by atoms with Crippen LogP contribution in [0.15, 0.2) is 54.6 Å². The predicted octanol–water partition coefficient (Wildman–Crippen LogP) is 3.09. The number of nitriles is 1. The molecule has 0 aliphatic carbocycles. The summed E-state index contributed by atoms with van der Waals surface area (Å²) in [5.74, 6) is -0.949. The molecule has 3 rings (SSSR count). The fraction of sp³-hybridized carbons (Fsp3) is 0.182. The Hall–Kier alpha value is -3.92. The lowest BCUT2D eigenvalue weighted by molar-refractivity contribution is -0.146. The second-order valence-electron chi connectivity index (χ2n) is 6.47. The number of hydrogen-bond acceptors (Lipinski definition) is 5.